The maximum absolute atomic E-state index is 9.93. The molecule has 0 aliphatic heterocycles. The third-order valence-electron chi connectivity index (χ3n) is 5.01. The monoisotopic (exact) mass is 239 g/mol. The molecular weight excluding hydrogens is 210 g/mol. The van der Waals surface area contributed by atoms with Crippen molar-refractivity contribution in [2.45, 2.75) is 82.9 Å². The summed E-state index contributed by atoms with van der Waals surface area (Å²) >= 11 is 0. The van der Waals surface area contributed by atoms with Crippen LogP contribution in [0, 0.1) is 5.92 Å². The maximum atomic E-state index is 9.93. The molecule has 0 saturated heterocycles. The first-order valence-electron chi connectivity index (χ1n) is 7.62. The third-order valence-corrected chi connectivity index (χ3v) is 5.01. The molecule has 2 saturated carbocycles. The van der Waals surface area contributed by atoms with E-state index in [9.17, 15) is 5.11 Å². The van der Waals surface area contributed by atoms with E-state index in [2.05, 4.69) is 18.9 Å². The Morgan fingerprint density at radius 3 is 2.47 bits per heavy atom. The fourth-order valence-electron chi connectivity index (χ4n) is 3.98. The van der Waals surface area contributed by atoms with Crippen molar-refractivity contribution in [1.82, 2.24) is 4.90 Å². The molecule has 1 N–H and O–H groups in total. The molecule has 0 bridgehead atoms. The third kappa shape index (κ3) is 3.23. The summed E-state index contributed by atoms with van der Waals surface area (Å²) < 4.78 is 0. The zero-order valence-corrected chi connectivity index (χ0v) is 11.6. The highest BCUT2D eigenvalue weighted by molar-refractivity contribution is 4.89. The number of hydrogen-bond donors (Lipinski definition) is 1. The fraction of sp³-hybridized carbons (Fsp3) is 1.00. The molecule has 2 aliphatic rings. The fourth-order valence-corrected chi connectivity index (χ4v) is 3.98. The molecule has 0 aromatic rings. The molecule has 2 fully saturated rings. The van der Waals surface area contributed by atoms with Crippen molar-refractivity contribution in [3.05, 3.63) is 0 Å². The van der Waals surface area contributed by atoms with Gasteiger partial charge >= 0.3 is 0 Å². The second-order valence-corrected chi connectivity index (χ2v) is 6.19. The Balaban J connectivity index is 1.97. The minimum atomic E-state index is -0.0445. The van der Waals surface area contributed by atoms with Crippen molar-refractivity contribution in [3.8, 4) is 0 Å². The summed E-state index contributed by atoms with van der Waals surface area (Å²) in [5, 5.41) is 9.93. The van der Waals surface area contributed by atoms with Gasteiger partial charge in [0.2, 0.25) is 0 Å². The number of aliphatic hydroxyl groups is 1. The van der Waals surface area contributed by atoms with Gasteiger partial charge in [0, 0.05) is 12.1 Å². The Labute approximate surface area is 106 Å². The zero-order valence-electron chi connectivity index (χ0n) is 11.6. The van der Waals surface area contributed by atoms with Crippen LogP contribution >= 0.6 is 0 Å². The van der Waals surface area contributed by atoms with Crippen molar-refractivity contribution >= 4 is 0 Å². The topological polar surface area (TPSA) is 23.5 Å². The van der Waals surface area contributed by atoms with Gasteiger partial charge in [0.05, 0.1) is 6.10 Å². The molecule has 2 aliphatic carbocycles. The first-order chi connectivity index (χ1) is 8.22. The van der Waals surface area contributed by atoms with Gasteiger partial charge in [-0.3, -0.25) is 0 Å². The molecule has 0 radical (unpaired) electrons. The predicted molar refractivity (Wildman–Crippen MR) is 72.1 cm³/mol. The number of aliphatic hydroxyl groups excluding tert-OH is 1. The Hall–Kier alpha value is -0.0800. The SMILES string of the molecule is CCCC1CCC(O)CC1N(C)C1CCCC1. The van der Waals surface area contributed by atoms with E-state index < -0.39 is 0 Å². The van der Waals surface area contributed by atoms with E-state index in [1.54, 1.807) is 0 Å². The molecule has 17 heavy (non-hydrogen) atoms. The van der Waals surface area contributed by atoms with Crippen molar-refractivity contribution in [2.75, 3.05) is 7.05 Å². The van der Waals surface area contributed by atoms with Gasteiger partial charge in [-0.2, -0.15) is 0 Å². The summed E-state index contributed by atoms with van der Waals surface area (Å²) in [6.45, 7) is 2.29. The van der Waals surface area contributed by atoms with Gasteiger partial charge < -0.3 is 10.0 Å². The molecule has 0 aromatic carbocycles. The van der Waals surface area contributed by atoms with Crippen LogP contribution in [0.4, 0.5) is 0 Å². The molecule has 3 unspecified atom stereocenters. The summed E-state index contributed by atoms with van der Waals surface area (Å²) in [7, 11) is 2.31. The highest BCUT2D eigenvalue weighted by Crippen LogP contribution is 2.35. The minimum Gasteiger partial charge on any atom is -0.393 e. The van der Waals surface area contributed by atoms with Crippen molar-refractivity contribution < 1.29 is 5.11 Å². The summed E-state index contributed by atoms with van der Waals surface area (Å²) in [5.74, 6) is 0.828. The van der Waals surface area contributed by atoms with Gasteiger partial charge in [-0.25, -0.2) is 0 Å². The molecule has 0 amide bonds. The predicted octanol–water partition coefficient (Wildman–Crippen LogP) is 3.19. The Kier molecular flexibility index (Phi) is 4.87. The van der Waals surface area contributed by atoms with E-state index in [0.29, 0.717) is 6.04 Å². The van der Waals surface area contributed by atoms with Crippen LogP contribution in [0.3, 0.4) is 0 Å². The maximum Gasteiger partial charge on any atom is 0.0555 e. The average molecular weight is 239 g/mol. The van der Waals surface area contributed by atoms with Crippen molar-refractivity contribution in [2.24, 2.45) is 5.92 Å². The van der Waals surface area contributed by atoms with Gasteiger partial charge in [-0.1, -0.05) is 26.2 Å². The van der Waals surface area contributed by atoms with Crippen LogP contribution in [-0.4, -0.2) is 35.2 Å². The lowest BCUT2D eigenvalue weighted by atomic mass is 9.79. The highest BCUT2D eigenvalue weighted by Gasteiger charge is 2.35. The van der Waals surface area contributed by atoms with Gasteiger partial charge in [0.25, 0.3) is 0 Å². The second kappa shape index (κ2) is 6.19. The highest BCUT2D eigenvalue weighted by atomic mass is 16.3. The van der Waals surface area contributed by atoms with Gasteiger partial charge in [0.15, 0.2) is 0 Å². The van der Waals surface area contributed by atoms with E-state index in [0.717, 1.165) is 24.8 Å². The van der Waals surface area contributed by atoms with Crippen molar-refractivity contribution in [3.63, 3.8) is 0 Å². The molecule has 3 atom stereocenters. The standard InChI is InChI=1S/C15H29NO/c1-3-6-12-9-10-14(17)11-15(12)16(2)13-7-4-5-8-13/h12-15,17H,3-11H2,1-2H3. The van der Waals surface area contributed by atoms with Crippen LogP contribution in [0.25, 0.3) is 0 Å². The molecule has 0 aromatic heterocycles. The van der Waals surface area contributed by atoms with Crippen LogP contribution < -0.4 is 0 Å². The van der Waals surface area contributed by atoms with E-state index in [4.69, 9.17) is 0 Å². The Morgan fingerprint density at radius 1 is 1.12 bits per heavy atom. The number of hydrogen-bond acceptors (Lipinski definition) is 2. The van der Waals surface area contributed by atoms with Gasteiger partial charge in [0.1, 0.15) is 0 Å². The summed E-state index contributed by atoms with van der Waals surface area (Å²) in [5.41, 5.74) is 0. The van der Waals surface area contributed by atoms with E-state index in [1.165, 1.54) is 44.9 Å². The quantitative estimate of drug-likeness (QED) is 0.814. The van der Waals surface area contributed by atoms with Crippen LogP contribution in [0.2, 0.25) is 0 Å². The molecule has 2 rings (SSSR count). The van der Waals surface area contributed by atoms with Crippen LogP contribution in [0.5, 0.6) is 0 Å². The smallest absolute Gasteiger partial charge is 0.0555 e. The zero-order chi connectivity index (χ0) is 12.3. The Bertz CT molecular complexity index is 225. The largest absolute Gasteiger partial charge is 0.393 e. The summed E-state index contributed by atoms with van der Waals surface area (Å²) in [6, 6.07) is 1.44. The van der Waals surface area contributed by atoms with E-state index in [1.807, 2.05) is 0 Å². The lowest BCUT2D eigenvalue weighted by Crippen LogP contribution is -2.47. The first kappa shape index (κ1) is 13.4. The van der Waals surface area contributed by atoms with Gasteiger partial charge in [-0.15, -0.1) is 0 Å². The lowest BCUT2D eigenvalue weighted by molar-refractivity contribution is 0.0183. The number of nitrogens with zero attached hydrogens (tertiary/aromatic N) is 1. The molecule has 2 nitrogen and oxygen atoms in total. The van der Waals surface area contributed by atoms with Crippen molar-refractivity contribution in [1.29, 1.82) is 0 Å². The normalized spacial score (nSPS) is 35.6. The van der Waals surface area contributed by atoms with E-state index in [-0.39, 0.29) is 6.10 Å². The van der Waals surface area contributed by atoms with Gasteiger partial charge in [-0.05, 0) is 51.5 Å². The van der Waals surface area contributed by atoms with Crippen LogP contribution in [-0.2, 0) is 0 Å². The summed E-state index contributed by atoms with van der Waals surface area (Å²) in [4.78, 5) is 2.62. The number of rotatable bonds is 4. The Morgan fingerprint density at radius 2 is 1.82 bits per heavy atom. The first-order valence-corrected chi connectivity index (χ1v) is 7.62. The lowest BCUT2D eigenvalue weighted by Gasteiger charge is -2.42. The van der Waals surface area contributed by atoms with Crippen LogP contribution in [0.15, 0.2) is 0 Å². The molecule has 0 spiro atoms. The summed E-state index contributed by atoms with van der Waals surface area (Å²) in [6.07, 6.45) is 11.4. The molecular formula is C15H29NO. The molecule has 0 heterocycles. The second-order valence-electron chi connectivity index (χ2n) is 6.19. The molecule has 2 heteroatoms. The van der Waals surface area contributed by atoms with E-state index >= 15 is 0 Å². The minimum absolute atomic E-state index is 0.0445. The molecule has 100 valence electrons. The average Bonchev–Trinajstić information content (AvgIpc) is 2.84. The van der Waals surface area contributed by atoms with Crippen LogP contribution in [0.1, 0.15) is 64.7 Å².